The molecule has 66 valence electrons. The highest BCUT2D eigenvalue weighted by molar-refractivity contribution is 4.84. The average molecular weight is 161 g/mol. The van der Waals surface area contributed by atoms with Crippen LogP contribution in [0.15, 0.2) is 0 Å². The first kappa shape index (κ1) is 8.94. The Balaban J connectivity index is 1.95. The van der Waals surface area contributed by atoms with Gasteiger partial charge in [-0.25, -0.2) is 4.39 Å². The Bertz CT molecular complexity index is 125. The minimum atomic E-state index is -1.27. The molecule has 0 spiro atoms. The van der Waals surface area contributed by atoms with Crippen molar-refractivity contribution < 1.29 is 9.13 Å². The molecule has 0 aromatic heterocycles. The third-order valence-electron chi connectivity index (χ3n) is 2.02. The lowest BCUT2D eigenvalue weighted by Crippen LogP contribution is -2.22. The highest BCUT2D eigenvalue weighted by Gasteiger charge is 2.44. The van der Waals surface area contributed by atoms with Gasteiger partial charge in [0.1, 0.15) is 0 Å². The molecule has 11 heavy (non-hydrogen) atoms. The van der Waals surface area contributed by atoms with E-state index < -0.39 is 5.85 Å². The van der Waals surface area contributed by atoms with Gasteiger partial charge in [-0.2, -0.15) is 0 Å². The Morgan fingerprint density at radius 1 is 1.64 bits per heavy atom. The molecule has 0 amide bonds. The van der Waals surface area contributed by atoms with Gasteiger partial charge in [-0.3, -0.25) is 0 Å². The summed E-state index contributed by atoms with van der Waals surface area (Å²) in [4.78, 5) is 0. The zero-order chi connectivity index (χ0) is 8.32. The van der Waals surface area contributed by atoms with Gasteiger partial charge in [-0.15, -0.1) is 0 Å². The smallest absolute Gasteiger partial charge is 0.209 e. The van der Waals surface area contributed by atoms with Crippen molar-refractivity contribution in [2.45, 2.75) is 44.5 Å². The van der Waals surface area contributed by atoms with Crippen LogP contribution >= 0.6 is 0 Å². The molecule has 1 aliphatic rings. The molecule has 0 saturated heterocycles. The molecule has 1 atom stereocenters. The minimum absolute atomic E-state index is 0.164. The highest BCUT2D eigenvalue weighted by atomic mass is 19.2. The summed E-state index contributed by atoms with van der Waals surface area (Å²) in [6.07, 6.45) is 2.83. The second kappa shape index (κ2) is 3.50. The van der Waals surface area contributed by atoms with Gasteiger partial charge in [0.25, 0.3) is 0 Å². The topological polar surface area (TPSA) is 35.2 Å². The summed E-state index contributed by atoms with van der Waals surface area (Å²) >= 11 is 0. The van der Waals surface area contributed by atoms with Gasteiger partial charge in [0.2, 0.25) is 5.85 Å². The van der Waals surface area contributed by atoms with Crippen molar-refractivity contribution in [1.29, 1.82) is 0 Å². The fourth-order valence-electron chi connectivity index (χ4n) is 0.840. The van der Waals surface area contributed by atoms with Crippen LogP contribution in [0.3, 0.4) is 0 Å². The first-order valence-corrected chi connectivity index (χ1v) is 4.25. The number of hydrogen-bond acceptors (Lipinski definition) is 2. The van der Waals surface area contributed by atoms with E-state index in [9.17, 15) is 4.39 Å². The van der Waals surface area contributed by atoms with Gasteiger partial charge in [0.15, 0.2) is 0 Å². The summed E-state index contributed by atoms with van der Waals surface area (Å²) in [6, 6.07) is 0.164. The van der Waals surface area contributed by atoms with Crippen LogP contribution in [-0.2, 0) is 4.74 Å². The predicted molar refractivity (Wildman–Crippen MR) is 41.9 cm³/mol. The second-order valence-corrected chi connectivity index (χ2v) is 3.19. The Hall–Kier alpha value is -0.150. The number of halogens is 1. The first-order chi connectivity index (χ1) is 5.16. The van der Waals surface area contributed by atoms with E-state index in [2.05, 4.69) is 0 Å². The highest BCUT2D eigenvalue weighted by Crippen LogP contribution is 2.40. The summed E-state index contributed by atoms with van der Waals surface area (Å²) < 4.78 is 17.8. The molecule has 2 N–H and O–H groups in total. The maximum Gasteiger partial charge on any atom is 0.209 e. The maximum atomic E-state index is 12.8. The Morgan fingerprint density at radius 2 is 2.27 bits per heavy atom. The third kappa shape index (κ3) is 3.16. The van der Waals surface area contributed by atoms with Gasteiger partial charge in [0.05, 0.1) is 6.61 Å². The molecule has 0 bridgehead atoms. The van der Waals surface area contributed by atoms with Crippen LogP contribution in [0, 0.1) is 0 Å². The van der Waals surface area contributed by atoms with Crippen molar-refractivity contribution in [3.63, 3.8) is 0 Å². The van der Waals surface area contributed by atoms with Gasteiger partial charge in [-0.1, -0.05) is 6.92 Å². The minimum Gasteiger partial charge on any atom is -0.346 e. The number of rotatable bonds is 5. The zero-order valence-corrected chi connectivity index (χ0v) is 6.98. The van der Waals surface area contributed by atoms with Crippen LogP contribution in [0.4, 0.5) is 4.39 Å². The summed E-state index contributed by atoms with van der Waals surface area (Å²) in [5, 5.41) is 0. The summed E-state index contributed by atoms with van der Waals surface area (Å²) in [6.45, 7) is 2.48. The van der Waals surface area contributed by atoms with E-state index >= 15 is 0 Å². The molecule has 0 radical (unpaired) electrons. The van der Waals surface area contributed by atoms with E-state index in [0.29, 0.717) is 19.4 Å². The van der Waals surface area contributed by atoms with Crippen molar-refractivity contribution in [2.75, 3.05) is 6.61 Å². The van der Waals surface area contributed by atoms with Crippen molar-refractivity contribution in [3.8, 4) is 0 Å². The van der Waals surface area contributed by atoms with Crippen LogP contribution in [-0.4, -0.2) is 18.5 Å². The van der Waals surface area contributed by atoms with Gasteiger partial charge < -0.3 is 10.5 Å². The van der Waals surface area contributed by atoms with Crippen LogP contribution in [0.1, 0.15) is 32.6 Å². The molecule has 3 heteroatoms. The standard InChI is InChI=1S/C8H16FNO/c1-2-7(10)3-6-11-8(9)4-5-8/h7H,2-6,10H2,1H3/t7-/m1/s1. The van der Waals surface area contributed by atoms with Gasteiger partial charge in [0, 0.05) is 18.9 Å². The number of alkyl halides is 1. The van der Waals surface area contributed by atoms with Gasteiger partial charge >= 0.3 is 0 Å². The van der Waals surface area contributed by atoms with Crippen molar-refractivity contribution in [2.24, 2.45) is 5.73 Å². The van der Waals surface area contributed by atoms with E-state index in [-0.39, 0.29) is 6.04 Å². The van der Waals surface area contributed by atoms with Crippen LogP contribution in [0.5, 0.6) is 0 Å². The largest absolute Gasteiger partial charge is 0.346 e. The molecule has 0 aliphatic heterocycles. The SMILES string of the molecule is CC[C@@H](N)CCOC1(F)CC1. The zero-order valence-electron chi connectivity index (χ0n) is 6.98. The lowest BCUT2D eigenvalue weighted by atomic mass is 10.2. The fraction of sp³-hybridized carbons (Fsp3) is 1.00. The molecular weight excluding hydrogens is 145 g/mol. The second-order valence-electron chi connectivity index (χ2n) is 3.19. The predicted octanol–water partition coefficient (Wildman–Crippen LogP) is 1.59. The molecule has 1 fully saturated rings. The summed E-state index contributed by atoms with van der Waals surface area (Å²) in [7, 11) is 0. The number of hydrogen-bond donors (Lipinski definition) is 1. The normalized spacial score (nSPS) is 23.2. The van der Waals surface area contributed by atoms with E-state index in [4.69, 9.17) is 10.5 Å². The molecular formula is C8H16FNO. The van der Waals surface area contributed by atoms with Crippen LogP contribution in [0.25, 0.3) is 0 Å². The Labute approximate surface area is 66.9 Å². The Morgan fingerprint density at radius 3 is 2.73 bits per heavy atom. The van der Waals surface area contributed by atoms with E-state index in [1.807, 2.05) is 6.92 Å². The van der Waals surface area contributed by atoms with Crippen LogP contribution in [0.2, 0.25) is 0 Å². The molecule has 0 aromatic carbocycles. The third-order valence-corrected chi connectivity index (χ3v) is 2.02. The van der Waals surface area contributed by atoms with E-state index in [1.54, 1.807) is 0 Å². The lowest BCUT2D eigenvalue weighted by molar-refractivity contribution is -0.0649. The molecule has 1 saturated carbocycles. The fourth-order valence-corrected chi connectivity index (χ4v) is 0.840. The van der Waals surface area contributed by atoms with Crippen molar-refractivity contribution in [1.82, 2.24) is 0 Å². The molecule has 2 nitrogen and oxygen atoms in total. The number of ether oxygens (including phenoxy) is 1. The monoisotopic (exact) mass is 161 g/mol. The molecule has 1 rings (SSSR count). The molecule has 0 aromatic rings. The van der Waals surface area contributed by atoms with Crippen molar-refractivity contribution >= 4 is 0 Å². The average Bonchev–Trinajstić information content (AvgIpc) is 2.68. The summed E-state index contributed by atoms with van der Waals surface area (Å²) in [5.41, 5.74) is 5.62. The summed E-state index contributed by atoms with van der Waals surface area (Å²) in [5.74, 6) is -1.27. The van der Waals surface area contributed by atoms with Gasteiger partial charge in [-0.05, 0) is 12.8 Å². The number of nitrogens with two attached hydrogens (primary N) is 1. The van der Waals surface area contributed by atoms with Crippen LogP contribution < -0.4 is 5.73 Å². The maximum absolute atomic E-state index is 12.8. The van der Waals surface area contributed by atoms with Crippen molar-refractivity contribution in [3.05, 3.63) is 0 Å². The molecule has 0 heterocycles. The molecule has 1 aliphatic carbocycles. The Kier molecular flexibility index (Phi) is 2.84. The van der Waals surface area contributed by atoms with E-state index in [0.717, 1.165) is 12.8 Å². The lowest BCUT2D eigenvalue weighted by Gasteiger charge is -2.10. The first-order valence-electron chi connectivity index (χ1n) is 4.25. The molecule has 0 unspecified atom stereocenters. The van der Waals surface area contributed by atoms with E-state index in [1.165, 1.54) is 0 Å². The quantitative estimate of drug-likeness (QED) is 0.664.